The molecule has 0 aliphatic carbocycles. The molecule has 0 heterocycles. The molecule has 10 heteroatoms. The number of nitrogens with one attached hydrogen (secondary N) is 1. The number of anilines is 1. The molecule has 1 atom stereocenters. The van der Waals surface area contributed by atoms with Crippen LogP contribution in [0.15, 0.2) is 102 Å². The van der Waals surface area contributed by atoms with Gasteiger partial charge in [-0.1, -0.05) is 95.0 Å². The molecule has 0 fully saturated rings. The van der Waals surface area contributed by atoms with Crippen LogP contribution >= 0.6 is 23.2 Å². The monoisotopic (exact) mass is 679 g/mol. The summed E-state index contributed by atoms with van der Waals surface area (Å²) in [7, 11) is -4.19. The van der Waals surface area contributed by atoms with Crippen LogP contribution in [-0.2, 0) is 32.6 Å². The van der Waals surface area contributed by atoms with E-state index < -0.39 is 34.1 Å². The lowest BCUT2D eigenvalue weighted by molar-refractivity contribution is -0.140. The van der Waals surface area contributed by atoms with Crippen LogP contribution in [0.5, 0.6) is 0 Å². The van der Waals surface area contributed by atoms with Crippen LogP contribution in [0.3, 0.4) is 0 Å². The lowest BCUT2D eigenvalue weighted by atomic mass is 10.0. The van der Waals surface area contributed by atoms with Crippen LogP contribution < -0.4 is 9.62 Å². The fourth-order valence-corrected chi connectivity index (χ4v) is 6.80. The summed E-state index contributed by atoms with van der Waals surface area (Å²) in [6, 6.07) is 26.7. The fourth-order valence-electron chi connectivity index (χ4n) is 4.92. The van der Waals surface area contributed by atoms with Gasteiger partial charge in [-0.2, -0.15) is 0 Å². The number of carbonyl (C=O) groups is 2. The van der Waals surface area contributed by atoms with Crippen molar-refractivity contribution in [1.82, 2.24) is 10.2 Å². The van der Waals surface area contributed by atoms with Crippen molar-refractivity contribution in [2.24, 2.45) is 0 Å². The van der Waals surface area contributed by atoms with Gasteiger partial charge in [0, 0.05) is 28.5 Å². The number of hydrogen-bond donors (Lipinski definition) is 1. The quantitative estimate of drug-likeness (QED) is 0.179. The predicted molar refractivity (Wildman–Crippen MR) is 186 cm³/mol. The van der Waals surface area contributed by atoms with Gasteiger partial charge in [-0.3, -0.25) is 13.9 Å². The Kier molecular flexibility index (Phi) is 11.2. The molecule has 4 rings (SSSR count). The predicted octanol–water partition coefficient (Wildman–Crippen LogP) is 7.36. The first-order valence-corrected chi connectivity index (χ1v) is 17.1. The Morgan fingerprint density at radius 1 is 0.826 bits per heavy atom. The van der Waals surface area contributed by atoms with E-state index in [0.29, 0.717) is 21.3 Å². The molecule has 0 saturated carbocycles. The molecule has 0 aliphatic rings. The van der Waals surface area contributed by atoms with Crippen molar-refractivity contribution in [3.63, 3.8) is 0 Å². The molecule has 7 nitrogen and oxygen atoms in total. The highest BCUT2D eigenvalue weighted by atomic mass is 35.5. The standard InChI is InChI=1S/C36H39Cl2N3O4S/c1-25-11-17-30(18-12-25)41(46(44,45)31-19-13-26(2)14-20-31)24-34(42)40(23-28-15-16-29(37)22-32(28)38)33(35(43)39-36(3,4)5)21-27-9-7-6-8-10-27/h6-20,22,33H,21,23-24H2,1-5H3,(H,39,43). The van der Waals surface area contributed by atoms with E-state index in [1.54, 1.807) is 54.6 Å². The minimum atomic E-state index is -4.19. The second-order valence-corrected chi connectivity index (χ2v) is 15.1. The summed E-state index contributed by atoms with van der Waals surface area (Å²) in [6.45, 7) is 8.73. The Balaban J connectivity index is 1.83. The van der Waals surface area contributed by atoms with Gasteiger partial charge in [0.2, 0.25) is 11.8 Å². The van der Waals surface area contributed by atoms with Gasteiger partial charge in [-0.25, -0.2) is 8.42 Å². The first-order valence-electron chi connectivity index (χ1n) is 14.9. The van der Waals surface area contributed by atoms with Gasteiger partial charge in [0.15, 0.2) is 0 Å². The summed E-state index contributed by atoms with van der Waals surface area (Å²) >= 11 is 12.8. The maximum Gasteiger partial charge on any atom is 0.264 e. The maximum atomic E-state index is 14.6. The van der Waals surface area contributed by atoms with Crippen molar-refractivity contribution >= 4 is 50.7 Å². The molecule has 0 aromatic heterocycles. The molecule has 46 heavy (non-hydrogen) atoms. The number of benzene rings is 4. The highest BCUT2D eigenvalue weighted by Gasteiger charge is 2.36. The van der Waals surface area contributed by atoms with Crippen LogP contribution in [-0.4, -0.2) is 43.3 Å². The molecule has 4 aromatic rings. The smallest absolute Gasteiger partial charge is 0.264 e. The average molecular weight is 681 g/mol. The third-order valence-electron chi connectivity index (χ3n) is 7.33. The molecule has 1 unspecified atom stereocenters. The van der Waals surface area contributed by atoms with E-state index in [1.165, 1.54) is 17.0 Å². The molecular formula is C36H39Cl2N3O4S. The molecule has 0 aliphatic heterocycles. The molecule has 0 bridgehead atoms. The zero-order valence-corrected chi connectivity index (χ0v) is 29.0. The third-order valence-corrected chi connectivity index (χ3v) is 9.71. The van der Waals surface area contributed by atoms with Crippen molar-refractivity contribution in [2.75, 3.05) is 10.8 Å². The fraction of sp³-hybridized carbons (Fsp3) is 0.278. The Morgan fingerprint density at radius 2 is 1.41 bits per heavy atom. The number of amides is 2. The van der Waals surface area contributed by atoms with Gasteiger partial charge < -0.3 is 10.2 Å². The molecule has 0 saturated heterocycles. The highest BCUT2D eigenvalue weighted by molar-refractivity contribution is 7.92. The van der Waals surface area contributed by atoms with E-state index in [4.69, 9.17) is 23.2 Å². The summed E-state index contributed by atoms with van der Waals surface area (Å²) in [5.41, 5.74) is 2.95. The number of nitrogens with zero attached hydrogens (tertiary/aromatic N) is 2. The van der Waals surface area contributed by atoms with Gasteiger partial charge in [-0.15, -0.1) is 0 Å². The van der Waals surface area contributed by atoms with Crippen molar-refractivity contribution in [3.05, 3.63) is 129 Å². The Morgan fingerprint density at radius 3 is 1.98 bits per heavy atom. The number of halogens is 2. The zero-order valence-electron chi connectivity index (χ0n) is 26.6. The Hall–Kier alpha value is -3.85. The van der Waals surface area contributed by atoms with E-state index in [-0.39, 0.29) is 23.8 Å². The van der Waals surface area contributed by atoms with Gasteiger partial charge >= 0.3 is 0 Å². The van der Waals surface area contributed by atoms with Crippen LogP contribution in [0.4, 0.5) is 5.69 Å². The van der Waals surface area contributed by atoms with E-state index in [1.807, 2.05) is 65.0 Å². The zero-order chi connectivity index (χ0) is 33.6. The van der Waals surface area contributed by atoms with Crippen LogP contribution in [0.1, 0.15) is 43.0 Å². The lowest BCUT2D eigenvalue weighted by Crippen LogP contribution is -2.56. The molecule has 0 spiro atoms. The van der Waals surface area contributed by atoms with Crippen LogP contribution in [0.25, 0.3) is 0 Å². The number of aryl methyl sites for hydroxylation is 2. The van der Waals surface area contributed by atoms with E-state index in [0.717, 1.165) is 21.0 Å². The molecule has 0 radical (unpaired) electrons. The molecule has 1 N–H and O–H groups in total. The highest BCUT2D eigenvalue weighted by Crippen LogP contribution is 2.28. The normalized spacial score (nSPS) is 12.3. The third kappa shape index (κ3) is 9.12. The molecule has 2 amide bonds. The van der Waals surface area contributed by atoms with Crippen LogP contribution in [0, 0.1) is 13.8 Å². The van der Waals surface area contributed by atoms with E-state index >= 15 is 0 Å². The first-order chi connectivity index (χ1) is 21.6. The first kappa shape index (κ1) is 35.0. The van der Waals surface area contributed by atoms with Crippen molar-refractivity contribution in [1.29, 1.82) is 0 Å². The minimum Gasteiger partial charge on any atom is -0.350 e. The van der Waals surface area contributed by atoms with Gasteiger partial charge in [0.05, 0.1) is 10.6 Å². The van der Waals surface area contributed by atoms with Crippen LogP contribution in [0.2, 0.25) is 10.0 Å². The van der Waals surface area contributed by atoms with Gasteiger partial charge in [0.1, 0.15) is 12.6 Å². The second kappa shape index (κ2) is 14.7. The summed E-state index contributed by atoms with van der Waals surface area (Å²) in [5, 5.41) is 3.76. The number of sulfonamides is 1. The van der Waals surface area contributed by atoms with E-state index in [2.05, 4.69) is 5.32 Å². The number of rotatable bonds is 11. The summed E-state index contributed by atoms with van der Waals surface area (Å²) in [4.78, 5) is 30.0. The number of hydrogen-bond acceptors (Lipinski definition) is 4. The van der Waals surface area contributed by atoms with E-state index in [9.17, 15) is 18.0 Å². The summed E-state index contributed by atoms with van der Waals surface area (Å²) < 4.78 is 29.4. The van der Waals surface area contributed by atoms with Gasteiger partial charge in [-0.05, 0) is 82.1 Å². The lowest BCUT2D eigenvalue weighted by Gasteiger charge is -2.35. The summed E-state index contributed by atoms with van der Waals surface area (Å²) in [5.74, 6) is -0.953. The van der Waals surface area contributed by atoms with Crippen molar-refractivity contribution in [2.45, 2.75) is 64.1 Å². The topological polar surface area (TPSA) is 86.8 Å². The number of carbonyl (C=O) groups excluding carboxylic acids is 2. The van der Waals surface area contributed by atoms with Gasteiger partial charge in [0.25, 0.3) is 10.0 Å². The average Bonchev–Trinajstić information content (AvgIpc) is 2.99. The largest absolute Gasteiger partial charge is 0.350 e. The maximum absolute atomic E-state index is 14.6. The SMILES string of the molecule is Cc1ccc(N(CC(=O)N(Cc2ccc(Cl)cc2Cl)C(Cc2ccccc2)C(=O)NC(C)(C)C)S(=O)(=O)c2ccc(C)cc2)cc1. The molecule has 4 aromatic carbocycles. The Bertz CT molecular complexity index is 1770. The molecular weight excluding hydrogens is 641 g/mol. The second-order valence-electron chi connectivity index (χ2n) is 12.4. The Labute approximate surface area is 282 Å². The molecule has 242 valence electrons. The minimum absolute atomic E-state index is 0.0464. The van der Waals surface area contributed by atoms with Crippen molar-refractivity contribution in [3.8, 4) is 0 Å². The summed E-state index contributed by atoms with van der Waals surface area (Å²) in [6.07, 6.45) is 0.189. The van der Waals surface area contributed by atoms with Crippen molar-refractivity contribution < 1.29 is 18.0 Å².